The number of halogens is 2. The van der Waals surface area contributed by atoms with Gasteiger partial charge in [-0.2, -0.15) is 0 Å². The Hall–Kier alpha value is -2.48. The summed E-state index contributed by atoms with van der Waals surface area (Å²) in [6, 6.07) is 8.55. The summed E-state index contributed by atoms with van der Waals surface area (Å²) in [4.78, 5) is 10.9. The third-order valence-electron chi connectivity index (χ3n) is 3.26. The molecule has 25 heavy (non-hydrogen) atoms. The normalized spacial score (nSPS) is 11.9. The lowest BCUT2D eigenvalue weighted by molar-refractivity contribution is -0.123. The van der Waals surface area contributed by atoms with E-state index in [1.165, 1.54) is 24.3 Å². The van der Waals surface area contributed by atoms with E-state index in [9.17, 15) is 22.0 Å². The van der Waals surface area contributed by atoms with Crippen LogP contribution in [0, 0.1) is 17.0 Å². The fraction of sp³-hybridized carbons (Fsp3) is 0.235. The van der Waals surface area contributed by atoms with Crippen LogP contribution >= 0.6 is 0 Å². The van der Waals surface area contributed by atoms with Crippen LogP contribution in [0.1, 0.15) is 20.8 Å². The van der Waals surface area contributed by atoms with Crippen molar-refractivity contribution in [3.05, 3.63) is 54.1 Å². The fourth-order valence-corrected chi connectivity index (χ4v) is 3.08. The van der Waals surface area contributed by atoms with Gasteiger partial charge >= 0.3 is 0 Å². The van der Waals surface area contributed by atoms with Gasteiger partial charge in [-0.15, -0.1) is 0 Å². The van der Waals surface area contributed by atoms with Crippen molar-refractivity contribution in [1.29, 1.82) is 0 Å². The van der Waals surface area contributed by atoms with Crippen LogP contribution in [0.25, 0.3) is 0 Å². The maximum absolute atomic E-state index is 13.7. The van der Waals surface area contributed by atoms with E-state index in [0.29, 0.717) is 5.69 Å². The van der Waals surface area contributed by atoms with Gasteiger partial charge in [0.1, 0.15) is 11.6 Å². The summed E-state index contributed by atoms with van der Waals surface area (Å²) >= 11 is 0. The zero-order valence-electron chi connectivity index (χ0n) is 13.9. The highest BCUT2D eigenvalue weighted by atomic mass is 32.2. The third-order valence-corrected chi connectivity index (χ3v) is 4.70. The molecule has 5 nitrogen and oxygen atoms in total. The van der Waals surface area contributed by atoms with Crippen molar-refractivity contribution in [3.63, 3.8) is 0 Å². The summed E-state index contributed by atoms with van der Waals surface area (Å²) < 4.78 is 53.8. The molecule has 0 heterocycles. The molecule has 2 N–H and O–H groups in total. The summed E-state index contributed by atoms with van der Waals surface area (Å²) in [7, 11) is -4.42. The Kier molecular flexibility index (Phi) is 5.12. The van der Waals surface area contributed by atoms with E-state index >= 15 is 0 Å². The lowest BCUT2D eigenvalue weighted by Crippen LogP contribution is -2.27. The molecule has 0 saturated carbocycles. The topological polar surface area (TPSA) is 75.3 Å². The van der Waals surface area contributed by atoms with Crippen LogP contribution in [-0.2, 0) is 14.8 Å². The average Bonchev–Trinajstić information content (AvgIpc) is 2.47. The Balaban J connectivity index is 2.20. The summed E-state index contributed by atoms with van der Waals surface area (Å²) in [6.45, 7) is 5.27. The molecule has 0 aliphatic carbocycles. The second-order valence-electron chi connectivity index (χ2n) is 6.44. The van der Waals surface area contributed by atoms with Gasteiger partial charge in [0.2, 0.25) is 5.91 Å². The summed E-state index contributed by atoms with van der Waals surface area (Å²) in [6.07, 6.45) is 0. The molecule has 0 aromatic heterocycles. The predicted molar refractivity (Wildman–Crippen MR) is 91.7 cm³/mol. The minimum Gasteiger partial charge on any atom is -0.326 e. The van der Waals surface area contributed by atoms with Gasteiger partial charge in [0, 0.05) is 16.8 Å². The standard InChI is InChI=1S/C17H18F2N2O3S/c1-17(2,3)16(22)20-11-7-9-12(10-8-11)21-25(23,24)15-13(18)5-4-6-14(15)19/h4-10,21H,1-3H3,(H,20,22). The van der Waals surface area contributed by atoms with Gasteiger partial charge in [0.05, 0.1) is 0 Å². The molecule has 0 aliphatic heterocycles. The molecule has 2 aromatic rings. The van der Waals surface area contributed by atoms with Crippen LogP contribution in [0.3, 0.4) is 0 Å². The molecule has 0 aliphatic rings. The smallest absolute Gasteiger partial charge is 0.267 e. The third kappa shape index (κ3) is 4.54. The Morgan fingerprint density at radius 3 is 1.88 bits per heavy atom. The fourth-order valence-electron chi connectivity index (χ4n) is 1.89. The number of sulfonamides is 1. The quantitative estimate of drug-likeness (QED) is 0.863. The molecule has 0 fully saturated rings. The summed E-state index contributed by atoms with van der Waals surface area (Å²) in [5.74, 6) is -2.56. The van der Waals surface area contributed by atoms with Crippen molar-refractivity contribution in [3.8, 4) is 0 Å². The lowest BCUT2D eigenvalue weighted by Gasteiger charge is -2.17. The van der Waals surface area contributed by atoms with E-state index in [2.05, 4.69) is 10.0 Å². The zero-order valence-corrected chi connectivity index (χ0v) is 14.7. The zero-order chi connectivity index (χ0) is 18.8. The second-order valence-corrected chi connectivity index (χ2v) is 8.06. The van der Waals surface area contributed by atoms with Crippen LogP contribution in [0.15, 0.2) is 47.4 Å². The number of nitrogens with one attached hydrogen (secondary N) is 2. The number of carbonyl (C=O) groups is 1. The molecule has 0 unspecified atom stereocenters. The first-order chi connectivity index (χ1) is 11.5. The lowest BCUT2D eigenvalue weighted by atomic mass is 9.95. The second kappa shape index (κ2) is 6.79. The summed E-state index contributed by atoms with van der Waals surface area (Å²) in [5.41, 5.74) is -0.000771. The monoisotopic (exact) mass is 368 g/mol. The molecule has 8 heteroatoms. The maximum atomic E-state index is 13.7. The molecule has 1 amide bonds. The van der Waals surface area contributed by atoms with Gasteiger partial charge < -0.3 is 5.32 Å². The van der Waals surface area contributed by atoms with Crippen LogP contribution in [0.5, 0.6) is 0 Å². The molecule has 0 saturated heterocycles. The van der Waals surface area contributed by atoms with E-state index in [-0.39, 0.29) is 11.6 Å². The van der Waals surface area contributed by atoms with Gasteiger partial charge in [0.25, 0.3) is 10.0 Å². The van der Waals surface area contributed by atoms with Crippen molar-refractivity contribution in [2.75, 3.05) is 10.0 Å². The molecule has 0 spiro atoms. The van der Waals surface area contributed by atoms with Crippen molar-refractivity contribution < 1.29 is 22.0 Å². The first-order valence-corrected chi connectivity index (χ1v) is 8.87. The Labute approximate surface area is 145 Å². The van der Waals surface area contributed by atoms with Gasteiger partial charge in [0.15, 0.2) is 4.90 Å². The van der Waals surface area contributed by atoms with Gasteiger partial charge in [-0.05, 0) is 36.4 Å². The first kappa shape index (κ1) is 18.9. The molecular formula is C17H18F2N2O3S. The van der Waals surface area contributed by atoms with Crippen molar-refractivity contribution in [1.82, 2.24) is 0 Å². The number of carbonyl (C=O) groups excluding carboxylic acids is 1. The molecule has 0 radical (unpaired) electrons. The Morgan fingerprint density at radius 2 is 1.40 bits per heavy atom. The minimum atomic E-state index is -4.42. The molecular weight excluding hydrogens is 350 g/mol. The van der Waals surface area contributed by atoms with Gasteiger partial charge in [-0.25, -0.2) is 17.2 Å². The highest BCUT2D eigenvalue weighted by molar-refractivity contribution is 7.92. The van der Waals surface area contributed by atoms with Crippen molar-refractivity contribution in [2.24, 2.45) is 5.41 Å². The molecule has 0 bridgehead atoms. The van der Waals surface area contributed by atoms with Gasteiger partial charge in [-0.1, -0.05) is 26.8 Å². The van der Waals surface area contributed by atoms with Crippen LogP contribution in [0.2, 0.25) is 0 Å². The minimum absolute atomic E-state index is 0.108. The predicted octanol–water partition coefficient (Wildman–Crippen LogP) is 3.75. The largest absolute Gasteiger partial charge is 0.326 e. The van der Waals surface area contributed by atoms with E-state index < -0.39 is 32.0 Å². The van der Waals surface area contributed by atoms with E-state index in [1.807, 2.05) is 0 Å². The van der Waals surface area contributed by atoms with E-state index in [4.69, 9.17) is 0 Å². The summed E-state index contributed by atoms with van der Waals surface area (Å²) in [5, 5.41) is 2.69. The number of hydrogen-bond donors (Lipinski definition) is 2. The first-order valence-electron chi connectivity index (χ1n) is 7.39. The number of benzene rings is 2. The van der Waals surface area contributed by atoms with Crippen LogP contribution in [0.4, 0.5) is 20.2 Å². The SMILES string of the molecule is CC(C)(C)C(=O)Nc1ccc(NS(=O)(=O)c2c(F)cccc2F)cc1. The molecule has 2 rings (SSSR count). The van der Waals surface area contributed by atoms with Crippen LogP contribution in [-0.4, -0.2) is 14.3 Å². The van der Waals surface area contributed by atoms with E-state index in [0.717, 1.165) is 18.2 Å². The molecule has 2 aromatic carbocycles. The highest BCUT2D eigenvalue weighted by Crippen LogP contribution is 2.23. The Bertz CT molecular complexity index is 869. The molecule has 134 valence electrons. The Morgan fingerprint density at radius 1 is 0.920 bits per heavy atom. The van der Waals surface area contributed by atoms with Crippen molar-refractivity contribution >= 4 is 27.3 Å². The average molecular weight is 368 g/mol. The van der Waals surface area contributed by atoms with Crippen LogP contribution < -0.4 is 10.0 Å². The van der Waals surface area contributed by atoms with E-state index in [1.54, 1.807) is 20.8 Å². The molecule has 0 atom stereocenters. The highest BCUT2D eigenvalue weighted by Gasteiger charge is 2.24. The maximum Gasteiger partial charge on any atom is 0.267 e. The number of anilines is 2. The van der Waals surface area contributed by atoms with Crippen molar-refractivity contribution in [2.45, 2.75) is 25.7 Å². The number of amides is 1. The number of rotatable bonds is 4. The number of hydrogen-bond acceptors (Lipinski definition) is 3. The van der Waals surface area contributed by atoms with Gasteiger partial charge in [-0.3, -0.25) is 9.52 Å².